The van der Waals surface area contributed by atoms with E-state index in [0.29, 0.717) is 16.7 Å². The lowest BCUT2D eigenvalue weighted by Crippen LogP contribution is -2.03. The molecule has 3 rings (SSSR count). The number of hydrogen-bond donors (Lipinski definition) is 2. The third kappa shape index (κ3) is 5.74. The van der Waals surface area contributed by atoms with Gasteiger partial charge >= 0.3 is 0 Å². The van der Waals surface area contributed by atoms with Crippen LogP contribution < -0.4 is 0 Å². The minimum Gasteiger partial charge on any atom is -0.282 e. The summed E-state index contributed by atoms with van der Waals surface area (Å²) in [5.74, 6) is 0. The largest absolute Gasteiger partial charge is 0.295 e. The molecular weight excluding hydrogens is 460 g/mol. The van der Waals surface area contributed by atoms with Gasteiger partial charge in [-0.1, -0.05) is 61.2 Å². The van der Waals surface area contributed by atoms with Crippen molar-refractivity contribution in [2.24, 2.45) is 0 Å². The van der Waals surface area contributed by atoms with Gasteiger partial charge in [-0.15, -0.1) is 0 Å². The second kappa shape index (κ2) is 9.68. The van der Waals surface area contributed by atoms with E-state index in [1.165, 1.54) is 36.4 Å². The van der Waals surface area contributed by atoms with Crippen LogP contribution in [0.3, 0.4) is 0 Å². The first-order valence-corrected chi connectivity index (χ1v) is 12.7. The van der Waals surface area contributed by atoms with Crippen LogP contribution in [0, 0.1) is 0 Å². The van der Waals surface area contributed by atoms with Crippen molar-refractivity contribution < 1.29 is 25.9 Å². The second-order valence-electron chi connectivity index (χ2n) is 7.13. The quantitative estimate of drug-likeness (QED) is 0.334. The highest BCUT2D eigenvalue weighted by atomic mass is 32.2. The van der Waals surface area contributed by atoms with Crippen LogP contribution in [-0.2, 0) is 20.2 Å². The van der Waals surface area contributed by atoms with E-state index < -0.39 is 20.2 Å². The van der Waals surface area contributed by atoms with Gasteiger partial charge in [0, 0.05) is 5.57 Å². The fraction of sp³-hybridized carbons (Fsp3) is 0.0400. The minimum atomic E-state index is -4.56. The highest BCUT2D eigenvalue weighted by Crippen LogP contribution is 2.34. The van der Waals surface area contributed by atoms with Crippen LogP contribution in [0.2, 0.25) is 0 Å². The third-order valence-electron chi connectivity index (χ3n) is 4.88. The summed E-state index contributed by atoms with van der Waals surface area (Å²) in [6, 6.07) is 20.4. The summed E-state index contributed by atoms with van der Waals surface area (Å²) < 4.78 is 66.6. The van der Waals surface area contributed by atoms with Crippen molar-refractivity contribution in [3.05, 3.63) is 108 Å². The van der Waals surface area contributed by atoms with Gasteiger partial charge in [0.2, 0.25) is 0 Å². The summed E-state index contributed by atoms with van der Waals surface area (Å²) >= 11 is 0. The Morgan fingerprint density at radius 3 is 1.94 bits per heavy atom. The van der Waals surface area contributed by atoms with E-state index in [2.05, 4.69) is 6.58 Å². The van der Waals surface area contributed by atoms with E-state index in [4.69, 9.17) is 0 Å². The van der Waals surface area contributed by atoms with Crippen LogP contribution in [0.25, 0.3) is 27.8 Å². The second-order valence-corrected chi connectivity index (χ2v) is 9.94. The first-order chi connectivity index (χ1) is 15.5. The van der Waals surface area contributed by atoms with Crippen LogP contribution in [0.5, 0.6) is 0 Å². The van der Waals surface area contributed by atoms with Gasteiger partial charge in [-0.25, -0.2) is 0 Å². The molecular formula is C25H22O6S2. The van der Waals surface area contributed by atoms with Crippen molar-refractivity contribution in [3.8, 4) is 22.3 Å². The zero-order chi connectivity index (χ0) is 24.2. The lowest BCUT2D eigenvalue weighted by molar-refractivity contribution is 0.482. The molecule has 0 aliphatic heterocycles. The molecule has 0 aliphatic rings. The summed E-state index contributed by atoms with van der Waals surface area (Å²) in [6.45, 7) is 5.35. The molecule has 0 radical (unpaired) electrons. The summed E-state index contributed by atoms with van der Waals surface area (Å²) in [5.41, 5.74) is 3.27. The highest BCUT2D eigenvalue weighted by molar-refractivity contribution is 7.90. The van der Waals surface area contributed by atoms with Crippen LogP contribution >= 0.6 is 0 Å². The molecule has 0 aliphatic carbocycles. The monoisotopic (exact) mass is 482 g/mol. The molecule has 0 saturated heterocycles. The molecule has 33 heavy (non-hydrogen) atoms. The van der Waals surface area contributed by atoms with E-state index >= 15 is 0 Å². The van der Waals surface area contributed by atoms with Crippen molar-refractivity contribution in [3.63, 3.8) is 0 Å². The van der Waals surface area contributed by atoms with Crippen LogP contribution in [0.15, 0.2) is 107 Å². The van der Waals surface area contributed by atoms with Gasteiger partial charge < -0.3 is 0 Å². The Bertz CT molecular complexity index is 1470. The molecule has 0 bridgehead atoms. The Balaban J connectivity index is 2.38. The maximum Gasteiger partial charge on any atom is 0.295 e. The van der Waals surface area contributed by atoms with E-state index in [1.807, 2.05) is 36.4 Å². The SMILES string of the molecule is C=C/C(=C(\C=C/C)S(=O)(=O)O)c1cc(-c2ccccc2)cc(-c2cccc(S(=O)(=O)O)c2)c1. The fourth-order valence-corrected chi connectivity index (χ4v) is 4.72. The van der Waals surface area contributed by atoms with Crippen molar-refractivity contribution in [2.75, 3.05) is 0 Å². The first-order valence-electron chi connectivity index (χ1n) is 9.80. The van der Waals surface area contributed by atoms with E-state index in [-0.39, 0.29) is 15.4 Å². The van der Waals surface area contributed by atoms with E-state index in [0.717, 1.165) is 11.1 Å². The Hall–Kier alpha value is -3.30. The smallest absolute Gasteiger partial charge is 0.282 e. The van der Waals surface area contributed by atoms with Crippen molar-refractivity contribution in [1.29, 1.82) is 0 Å². The van der Waals surface area contributed by atoms with E-state index in [1.54, 1.807) is 25.1 Å². The Morgan fingerprint density at radius 1 is 0.788 bits per heavy atom. The van der Waals surface area contributed by atoms with Gasteiger partial charge in [-0.3, -0.25) is 9.11 Å². The standard InChI is InChI=1S/C25H22O6S2/c1-3-9-25(33(29,30)31)24(4-2)22-15-20(18-10-6-5-7-11-18)14-21(16-22)19-12-8-13-23(17-19)32(26,27)28/h3-17H,2H2,1H3,(H,26,27,28)(H,29,30,31)/b9-3-,25-24-. The van der Waals surface area contributed by atoms with Crippen molar-refractivity contribution in [2.45, 2.75) is 11.8 Å². The predicted molar refractivity (Wildman–Crippen MR) is 131 cm³/mol. The minimum absolute atomic E-state index is 0.181. The highest BCUT2D eigenvalue weighted by Gasteiger charge is 2.18. The molecule has 3 aromatic rings. The zero-order valence-electron chi connectivity index (χ0n) is 17.7. The maximum absolute atomic E-state index is 12.1. The maximum atomic E-state index is 12.1. The van der Waals surface area contributed by atoms with Crippen LogP contribution in [0.4, 0.5) is 0 Å². The topological polar surface area (TPSA) is 109 Å². The zero-order valence-corrected chi connectivity index (χ0v) is 19.3. The fourth-order valence-electron chi connectivity index (χ4n) is 3.41. The molecule has 2 N–H and O–H groups in total. The lowest BCUT2D eigenvalue weighted by atomic mass is 9.93. The molecule has 3 aromatic carbocycles. The molecule has 0 atom stereocenters. The number of rotatable bonds is 7. The number of hydrogen-bond acceptors (Lipinski definition) is 4. The summed E-state index contributed by atoms with van der Waals surface area (Å²) in [5, 5.41) is 0. The molecule has 0 aromatic heterocycles. The van der Waals surface area contributed by atoms with Gasteiger partial charge in [0.25, 0.3) is 20.2 Å². The average Bonchev–Trinajstić information content (AvgIpc) is 2.78. The van der Waals surface area contributed by atoms with Gasteiger partial charge in [-0.2, -0.15) is 16.8 Å². The molecule has 0 amide bonds. The van der Waals surface area contributed by atoms with E-state index in [9.17, 15) is 25.9 Å². The lowest BCUT2D eigenvalue weighted by Gasteiger charge is -2.14. The van der Waals surface area contributed by atoms with Gasteiger partial charge in [0.1, 0.15) is 4.91 Å². The third-order valence-corrected chi connectivity index (χ3v) is 6.64. The number of benzene rings is 3. The Labute approximate surface area is 193 Å². The predicted octanol–water partition coefficient (Wildman–Crippen LogP) is 5.63. The summed E-state index contributed by atoms with van der Waals surface area (Å²) in [7, 11) is -8.97. The average molecular weight is 483 g/mol. The Morgan fingerprint density at radius 2 is 1.39 bits per heavy atom. The molecule has 0 unspecified atom stereocenters. The molecule has 0 spiro atoms. The molecule has 170 valence electrons. The van der Waals surface area contributed by atoms with Crippen molar-refractivity contribution >= 4 is 25.8 Å². The first kappa shape index (κ1) is 24.3. The van der Waals surface area contributed by atoms with Crippen LogP contribution in [-0.4, -0.2) is 25.9 Å². The van der Waals surface area contributed by atoms with Gasteiger partial charge in [0.05, 0.1) is 4.90 Å². The molecule has 0 saturated carbocycles. The summed E-state index contributed by atoms with van der Waals surface area (Å²) in [4.78, 5) is -0.582. The van der Waals surface area contributed by atoms with Gasteiger partial charge in [0.15, 0.2) is 0 Å². The Kier molecular flexibility index (Phi) is 7.14. The number of allylic oxidation sites excluding steroid dienone is 4. The van der Waals surface area contributed by atoms with Crippen LogP contribution in [0.1, 0.15) is 12.5 Å². The molecule has 0 fully saturated rings. The molecule has 0 heterocycles. The molecule has 6 nitrogen and oxygen atoms in total. The molecule has 8 heteroatoms. The summed E-state index contributed by atoms with van der Waals surface area (Å²) in [6.07, 6.45) is 4.11. The van der Waals surface area contributed by atoms with Crippen molar-refractivity contribution in [1.82, 2.24) is 0 Å². The van der Waals surface area contributed by atoms with Gasteiger partial charge in [-0.05, 0) is 71.1 Å². The normalized spacial score (nSPS) is 13.1.